The summed E-state index contributed by atoms with van der Waals surface area (Å²) in [7, 11) is -1.80. The molecule has 3 rings (SSSR count). The number of aromatic nitrogens is 2. The summed E-state index contributed by atoms with van der Waals surface area (Å²) in [6.45, 7) is 0.0570. The van der Waals surface area contributed by atoms with Crippen molar-refractivity contribution in [1.29, 1.82) is 0 Å². The first-order valence-electron chi connectivity index (χ1n) is 8.04. The maximum absolute atomic E-state index is 12.6. The molecule has 0 saturated carbocycles. The van der Waals surface area contributed by atoms with Gasteiger partial charge in [-0.1, -0.05) is 18.2 Å². The Kier molecular flexibility index (Phi) is 5.16. The molecule has 0 radical (unpaired) electrons. The van der Waals surface area contributed by atoms with E-state index in [1.54, 1.807) is 24.1 Å². The number of hydrogen-bond acceptors (Lipinski definition) is 6. The van der Waals surface area contributed by atoms with Gasteiger partial charge in [0.15, 0.2) is 9.84 Å². The molecule has 0 N–H and O–H groups in total. The van der Waals surface area contributed by atoms with Crippen LogP contribution in [0, 0.1) is 0 Å². The van der Waals surface area contributed by atoms with E-state index in [9.17, 15) is 21.6 Å². The van der Waals surface area contributed by atoms with E-state index in [0.29, 0.717) is 22.3 Å². The van der Waals surface area contributed by atoms with Gasteiger partial charge in [-0.2, -0.15) is 0 Å². The predicted molar refractivity (Wildman–Crippen MR) is 97.9 cm³/mol. The number of alkyl halides is 3. The van der Waals surface area contributed by atoms with Gasteiger partial charge in [0.1, 0.15) is 17.9 Å². The molecule has 0 spiro atoms. The fraction of sp³-hybridized carbons (Fsp3) is 0.222. The molecule has 0 amide bonds. The Morgan fingerprint density at radius 3 is 2.50 bits per heavy atom. The minimum atomic E-state index is -4.80. The third kappa shape index (κ3) is 4.50. The van der Waals surface area contributed by atoms with Crippen LogP contribution in [0.5, 0.6) is 5.75 Å². The Morgan fingerprint density at radius 2 is 1.82 bits per heavy atom. The maximum Gasteiger partial charge on any atom is 0.573 e. The molecule has 0 aliphatic rings. The number of rotatable bonds is 5. The molecule has 0 fully saturated rings. The Hall–Kier alpha value is -2.88. The van der Waals surface area contributed by atoms with Crippen LogP contribution in [-0.2, 0) is 16.4 Å². The summed E-state index contributed by atoms with van der Waals surface area (Å²) in [6, 6.07) is 10.3. The van der Waals surface area contributed by atoms with Crippen molar-refractivity contribution in [2.75, 3.05) is 18.2 Å². The van der Waals surface area contributed by atoms with Gasteiger partial charge in [0, 0.05) is 30.8 Å². The molecular formula is C18H16F3N3O3S. The second-order valence-corrected chi connectivity index (χ2v) is 8.18. The lowest BCUT2D eigenvalue weighted by molar-refractivity contribution is -0.274. The molecule has 6 nitrogen and oxygen atoms in total. The van der Waals surface area contributed by atoms with Crippen LogP contribution < -0.4 is 9.64 Å². The lowest BCUT2D eigenvalue weighted by Crippen LogP contribution is -2.22. The van der Waals surface area contributed by atoms with E-state index in [-0.39, 0.29) is 17.2 Å². The molecule has 10 heteroatoms. The monoisotopic (exact) mass is 411 g/mol. The third-order valence-corrected chi connectivity index (χ3v) is 5.09. The van der Waals surface area contributed by atoms with Gasteiger partial charge in [0.25, 0.3) is 0 Å². The predicted octanol–water partition coefficient (Wildman–Crippen LogP) is 3.57. The van der Waals surface area contributed by atoms with Crippen LogP contribution in [0.25, 0.3) is 10.9 Å². The van der Waals surface area contributed by atoms with E-state index >= 15 is 0 Å². The van der Waals surface area contributed by atoms with Crippen LogP contribution >= 0.6 is 0 Å². The summed E-state index contributed by atoms with van der Waals surface area (Å²) in [4.78, 5) is 10.0. The van der Waals surface area contributed by atoms with Crippen molar-refractivity contribution in [2.24, 2.45) is 0 Å². The van der Waals surface area contributed by atoms with Crippen molar-refractivity contribution in [1.82, 2.24) is 9.97 Å². The van der Waals surface area contributed by atoms with E-state index in [4.69, 9.17) is 0 Å². The second kappa shape index (κ2) is 7.27. The van der Waals surface area contributed by atoms with E-state index in [1.165, 1.54) is 36.7 Å². The normalized spacial score (nSPS) is 12.2. The number of nitrogens with zero attached hydrogens (tertiary/aromatic N) is 3. The van der Waals surface area contributed by atoms with Gasteiger partial charge in [-0.25, -0.2) is 18.4 Å². The quantitative estimate of drug-likeness (QED) is 0.639. The van der Waals surface area contributed by atoms with Crippen LogP contribution in [0.2, 0.25) is 0 Å². The SMILES string of the molecule is CN(Cc1ccccc1OC(F)(F)F)c1ncnc2ccc(S(C)(=O)=O)cc12. The topological polar surface area (TPSA) is 72.4 Å². The number of benzene rings is 2. The lowest BCUT2D eigenvalue weighted by Gasteiger charge is -2.21. The average molecular weight is 411 g/mol. The molecule has 2 aromatic carbocycles. The maximum atomic E-state index is 12.6. The first kappa shape index (κ1) is 19.9. The average Bonchev–Trinajstić information content (AvgIpc) is 2.60. The summed E-state index contributed by atoms with van der Waals surface area (Å²) < 4.78 is 65.7. The fourth-order valence-electron chi connectivity index (χ4n) is 2.75. The van der Waals surface area contributed by atoms with Crippen LogP contribution in [0.3, 0.4) is 0 Å². The van der Waals surface area contributed by atoms with E-state index in [0.717, 1.165) is 6.26 Å². The number of anilines is 1. The van der Waals surface area contributed by atoms with Crippen LogP contribution in [0.15, 0.2) is 53.7 Å². The van der Waals surface area contributed by atoms with Crippen LogP contribution in [-0.4, -0.2) is 38.1 Å². The molecule has 0 aliphatic carbocycles. The minimum absolute atomic E-state index is 0.0570. The van der Waals surface area contributed by atoms with Gasteiger partial charge in [0.2, 0.25) is 0 Å². The summed E-state index contributed by atoms with van der Waals surface area (Å²) in [5, 5.41) is 0.474. The van der Waals surface area contributed by atoms with Crippen molar-refractivity contribution in [3.05, 3.63) is 54.4 Å². The van der Waals surface area contributed by atoms with Crippen molar-refractivity contribution in [3.8, 4) is 5.75 Å². The molecule has 0 saturated heterocycles. The van der Waals surface area contributed by atoms with Gasteiger partial charge in [-0.15, -0.1) is 13.2 Å². The molecule has 0 aliphatic heterocycles. The van der Waals surface area contributed by atoms with Gasteiger partial charge in [-0.3, -0.25) is 0 Å². The summed E-state index contributed by atoms with van der Waals surface area (Å²) >= 11 is 0. The zero-order chi connectivity index (χ0) is 20.5. The Morgan fingerprint density at radius 1 is 1.11 bits per heavy atom. The first-order valence-corrected chi connectivity index (χ1v) is 9.93. The smallest absolute Gasteiger partial charge is 0.405 e. The molecule has 0 atom stereocenters. The molecule has 1 heterocycles. The molecular weight excluding hydrogens is 395 g/mol. The Bertz CT molecular complexity index is 1120. The molecule has 0 unspecified atom stereocenters. The van der Waals surface area contributed by atoms with Crippen molar-refractivity contribution in [3.63, 3.8) is 0 Å². The van der Waals surface area contributed by atoms with Gasteiger partial charge in [0.05, 0.1) is 10.4 Å². The van der Waals surface area contributed by atoms with Gasteiger partial charge >= 0.3 is 6.36 Å². The highest BCUT2D eigenvalue weighted by molar-refractivity contribution is 7.90. The number of para-hydroxylation sites is 1. The van der Waals surface area contributed by atoms with Crippen LogP contribution in [0.4, 0.5) is 19.0 Å². The Labute approximate surface area is 159 Å². The third-order valence-electron chi connectivity index (χ3n) is 3.98. The highest BCUT2D eigenvalue weighted by Gasteiger charge is 2.32. The zero-order valence-electron chi connectivity index (χ0n) is 14.9. The van der Waals surface area contributed by atoms with Crippen molar-refractivity contribution < 1.29 is 26.3 Å². The number of halogens is 3. The largest absolute Gasteiger partial charge is 0.573 e. The highest BCUT2D eigenvalue weighted by Crippen LogP contribution is 2.30. The molecule has 148 valence electrons. The van der Waals surface area contributed by atoms with Crippen molar-refractivity contribution >= 4 is 26.6 Å². The Balaban J connectivity index is 2.00. The molecule has 1 aromatic heterocycles. The van der Waals surface area contributed by atoms with Gasteiger partial charge in [-0.05, 0) is 24.3 Å². The fourth-order valence-corrected chi connectivity index (χ4v) is 3.39. The summed E-state index contributed by atoms with van der Waals surface area (Å²) in [5.74, 6) is 0.0781. The number of fused-ring (bicyclic) bond motifs is 1. The minimum Gasteiger partial charge on any atom is -0.405 e. The zero-order valence-corrected chi connectivity index (χ0v) is 15.8. The molecule has 3 aromatic rings. The van der Waals surface area contributed by atoms with Gasteiger partial charge < -0.3 is 9.64 Å². The van der Waals surface area contributed by atoms with E-state index < -0.39 is 16.2 Å². The van der Waals surface area contributed by atoms with E-state index in [2.05, 4.69) is 14.7 Å². The number of hydrogen-bond donors (Lipinski definition) is 0. The standard InChI is InChI=1S/C18H16F3N3O3S/c1-24(10-12-5-3-4-6-16(12)27-18(19,20)21)17-14-9-13(28(2,25)26)7-8-15(14)22-11-23-17/h3-9,11H,10H2,1-2H3. The van der Waals surface area contributed by atoms with Crippen molar-refractivity contribution in [2.45, 2.75) is 17.8 Å². The molecule has 28 heavy (non-hydrogen) atoms. The molecule has 0 bridgehead atoms. The van der Waals surface area contributed by atoms with E-state index in [1.807, 2.05) is 0 Å². The lowest BCUT2D eigenvalue weighted by atomic mass is 10.1. The number of ether oxygens (including phenoxy) is 1. The summed E-state index contributed by atoms with van der Waals surface area (Å²) in [5.41, 5.74) is 0.817. The second-order valence-electron chi connectivity index (χ2n) is 6.16. The summed E-state index contributed by atoms with van der Waals surface area (Å²) in [6.07, 6.45) is -2.40. The highest BCUT2D eigenvalue weighted by atomic mass is 32.2. The number of sulfone groups is 1. The van der Waals surface area contributed by atoms with Crippen LogP contribution in [0.1, 0.15) is 5.56 Å². The first-order chi connectivity index (χ1) is 13.0.